The molecule has 7 nitrogen and oxygen atoms in total. The van der Waals surface area contributed by atoms with Gasteiger partial charge in [-0.3, -0.25) is 9.59 Å². The number of hydrogen-bond donors (Lipinski definition) is 1. The number of carbonyl (C=O) groups is 2. The molecule has 1 unspecified atom stereocenters. The second-order valence-corrected chi connectivity index (χ2v) is 4.78. The van der Waals surface area contributed by atoms with Gasteiger partial charge in [0.05, 0.1) is 5.92 Å². The number of likely N-dealkylation sites (tertiary alicyclic amines) is 1. The molecule has 1 aromatic rings. The van der Waals surface area contributed by atoms with Crippen LogP contribution in [0.3, 0.4) is 0 Å². The predicted molar refractivity (Wildman–Crippen MR) is 59.5 cm³/mol. The number of carbonyl (C=O) groups excluding carboxylic acids is 2. The van der Waals surface area contributed by atoms with Crippen LogP contribution in [0.2, 0.25) is 0 Å². The summed E-state index contributed by atoms with van der Waals surface area (Å²) >= 11 is 0. The van der Waals surface area contributed by atoms with Crippen molar-refractivity contribution in [2.45, 2.75) is 31.7 Å². The van der Waals surface area contributed by atoms with Crippen LogP contribution in [0.5, 0.6) is 0 Å². The van der Waals surface area contributed by atoms with Gasteiger partial charge in [0.15, 0.2) is 5.82 Å². The predicted octanol–water partition coefficient (Wildman–Crippen LogP) is -0.418. The van der Waals surface area contributed by atoms with Crippen molar-refractivity contribution in [3.63, 3.8) is 0 Å². The van der Waals surface area contributed by atoms with Gasteiger partial charge in [-0.15, -0.1) is 0 Å². The molecule has 3 rings (SSSR count). The van der Waals surface area contributed by atoms with Gasteiger partial charge in [-0.25, -0.2) is 0 Å². The molecule has 0 aromatic carbocycles. The lowest BCUT2D eigenvalue weighted by Crippen LogP contribution is -2.54. The molecule has 0 bridgehead atoms. The molecule has 1 N–H and O–H groups in total. The summed E-state index contributed by atoms with van der Waals surface area (Å²) in [6, 6.07) is -0.345. The largest absolute Gasteiger partial charge is 0.344 e. The van der Waals surface area contributed by atoms with E-state index in [0.717, 1.165) is 0 Å². The number of nitrogens with one attached hydrogen (secondary N) is 1. The summed E-state index contributed by atoms with van der Waals surface area (Å²) < 4.78 is 5.07. The van der Waals surface area contributed by atoms with Crippen LogP contribution in [0.25, 0.3) is 0 Å². The minimum absolute atomic E-state index is 0.00617. The van der Waals surface area contributed by atoms with Gasteiger partial charge in [-0.1, -0.05) is 5.16 Å². The van der Waals surface area contributed by atoms with Crippen LogP contribution < -0.4 is 5.32 Å². The SMILES string of the molecule is Cc1noc(C2CN(C(=O)C3CCC(=O)N3)C2)n1. The van der Waals surface area contributed by atoms with Crippen molar-refractivity contribution in [3.8, 4) is 0 Å². The molecule has 2 amide bonds. The van der Waals surface area contributed by atoms with Crippen LogP contribution >= 0.6 is 0 Å². The topological polar surface area (TPSA) is 88.3 Å². The smallest absolute Gasteiger partial charge is 0.245 e. The minimum Gasteiger partial charge on any atom is -0.344 e. The monoisotopic (exact) mass is 250 g/mol. The van der Waals surface area contributed by atoms with Crippen molar-refractivity contribution in [1.82, 2.24) is 20.4 Å². The third kappa shape index (κ3) is 1.85. The van der Waals surface area contributed by atoms with Crippen molar-refractivity contribution >= 4 is 11.8 Å². The molecule has 2 aliphatic heterocycles. The fourth-order valence-corrected chi connectivity index (χ4v) is 2.31. The number of aromatic nitrogens is 2. The summed E-state index contributed by atoms with van der Waals surface area (Å²) in [4.78, 5) is 28.9. The van der Waals surface area contributed by atoms with E-state index in [4.69, 9.17) is 4.52 Å². The first-order valence-electron chi connectivity index (χ1n) is 6.02. The van der Waals surface area contributed by atoms with Crippen LogP contribution in [-0.2, 0) is 9.59 Å². The first kappa shape index (κ1) is 11.2. The van der Waals surface area contributed by atoms with Gasteiger partial charge in [0.2, 0.25) is 17.7 Å². The molecule has 0 aliphatic carbocycles. The second-order valence-electron chi connectivity index (χ2n) is 4.78. The lowest BCUT2D eigenvalue weighted by molar-refractivity contribution is -0.138. The summed E-state index contributed by atoms with van der Waals surface area (Å²) in [5, 5.41) is 6.41. The van der Waals surface area contributed by atoms with Crippen LogP contribution in [0.15, 0.2) is 4.52 Å². The number of hydrogen-bond acceptors (Lipinski definition) is 5. The summed E-state index contributed by atoms with van der Waals surface area (Å²) in [7, 11) is 0. The molecule has 0 radical (unpaired) electrons. The minimum atomic E-state index is -0.345. The maximum absolute atomic E-state index is 12.0. The first-order chi connectivity index (χ1) is 8.63. The first-order valence-corrected chi connectivity index (χ1v) is 6.02. The van der Waals surface area contributed by atoms with Crippen LogP contribution in [0, 0.1) is 6.92 Å². The van der Waals surface area contributed by atoms with Gasteiger partial charge in [-0.05, 0) is 13.3 Å². The number of nitrogens with zero attached hydrogens (tertiary/aromatic N) is 3. The van der Waals surface area contributed by atoms with E-state index in [0.29, 0.717) is 37.6 Å². The zero-order valence-electron chi connectivity index (χ0n) is 10.0. The standard InChI is InChI=1S/C11H14N4O3/c1-6-12-10(18-14-6)7-4-15(5-7)11(17)8-2-3-9(16)13-8/h7-8H,2-5H2,1H3,(H,13,16). The highest BCUT2D eigenvalue weighted by Gasteiger charge is 2.39. The Balaban J connectivity index is 1.56. The zero-order valence-corrected chi connectivity index (χ0v) is 10.0. The lowest BCUT2D eigenvalue weighted by Gasteiger charge is -2.38. The molecule has 96 valence electrons. The fourth-order valence-electron chi connectivity index (χ4n) is 2.31. The van der Waals surface area contributed by atoms with Gasteiger partial charge >= 0.3 is 0 Å². The average Bonchev–Trinajstić information content (AvgIpc) is 2.85. The maximum Gasteiger partial charge on any atom is 0.245 e. The van der Waals surface area contributed by atoms with Crippen molar-refractivity contribution in [2.24, 2.45) is 0 Å². The Morgan fingerprint density at radius 2 is 2.28 bits per heavy atom. The molecule has 1 aromatic heterocycles. The molecule has 18 heavy (non-hydrogen) atoms. The van der Waals surface area contributed by atoms with Gasteiger partial charge in [0.25, 0.3) is 0 Å². The van der Waals surface area contributed by atoms with E-state index in [9.17, 15) is 9.59 Å². The Kier molecular flexibility index (Phi) is 2.53. The van der Waals surface area contributed by atoms with E-state index in [1.54, 1.807) is 11.8 Å². The summed E-state index contributed by atoms with van der Waals surface area (Å²) in [5.41, 5.74) is 0. The zero-order chi connectivity index (χ0) is 12.7. The Morgan fingerprint density at radius 1 is 1.50 bits per heavy atom. The quantitative estimate of drug-likeness (QED) is 0.770. The van der Waals surface area contributed by atoms with Crippen molar-refractivity contribution in [1.29, 1.82) is 0 Å². The van der Waals surface area contributed by atoms with E-state index in [1.807, 2.05) is 0 Å². The Hall–Kier alpha value is -1.92. The lowest BCUT2D eigenvalue weighted by atomic mass is 9.98. The molecule has 2 fully saturated rings. The summed E-state index contributed by atoms with van der Waals surface area (Å²) in [6.45, 7) is 2.95. The summed E-state index contributed by atoms with van der Waals surface area (Å²) in [5.74, 6) is 1.28. The van der Waals surface area contributed by atoms with Crippen LogP contribution in [-0.4, -0.2) is 46.0 Å². The Labute approximate surface area is 104 Å². The van der Waals surface area contributed by atoms with Crippen molar-refractivity contribution in [3.05, 3.63) is 11.7 Å². The normalized spacial score (nSPS) is 23.9. The number of aryl methyl sites for hydroxylation is 1. The highest BCUT2D eigenvalue weighted by Crippen LogP contribution is 2.27. The van der Waals surface area contributed by atoms with Gasteiger partial charge in [-0.2, -0.15) is 4.98 Å². The molecule has 2 aliphatic rings. The summed E-state index contributed by atoms with van der Waals surface area (Å²) in [6.07, 6.45) is 1.04. The number of amides is 2. The van der Waals surface area contributed by atoms with E-state index >= 15 is 0 Å². The van der Waals surface area contributed by atoms with Crippen molar-refractivity contribution in [2.75, 3.05) is 13.1 Å². The Bertz CT molecular complexity index is 492. The van der Waals surface area contributed by atoms with E-state index in [2.05, 4.69) is 15.5 Å². The molecule has 1 atom stereocenters. The van der Waals surface area contributed by atoms with E-state index in [-0.39, 0.29) is 23.8 Å². The highest BCUT2D eigenvalue weighted by molar-refractivity contribution is 5.91. The molecule has 0 spiro atoms. The third-order valence-corrected chi connectivity index (χ3v) is 3.38. The highest BCUT2D eigenvalue weighted by atomic mass is 16.5. The molecule has 7 heteroatoms. The van der Waals surface area contributed by atoms with Gasteiger partial charge in [0.1, 0.15) is 6.04 Å². The average molecular weight is 250 g/mol. The molecular formula is C11H14N4O3. The second kappa shape index (κ2) is 4.08. The number of rotatable bonds is 2. The molecular weight excluding hydrogens is 236 g/mol. The maximum atomic E-state index is 12.0. The van der Waals surface area contributed by atoms with E-state index < -0.39 is 0 Å². The van der Waals surface area contributed by atoms with Gasteiger partial charge in [0, 0.05) is 19.5 Å². The third-order valence-electron chi connectivity index (χ3n) is 3.38. The molecule has 3 heterocycles. The van der Waals surface area contributed by atoms with Crippen molar-refractivity contribution < 1.29 is 14.1 Å². The molecule has 2 saturated heterocycles. The van der Waals surface area contributed by atoms with E-state index in [1.165, 1.54) is 0 Å². The Morgan fingerprint density at radius 3 is 2.83 bits per heavy atom. The van der Waals surface area contributed by atoms with Crippen LogP contribution in [0.4, 0.5) is 0 Å². The van der Waals surface area contributed by atoms with Crippen LogP contribution in [0.1, 0.15) is 30.5 Å². The molecule has 0 saturated carbocycles. The van der Waals surface area contributed by atoms with Gasteiger partial charge < -0.3 is 14.7 Å². The fraction of sp³-hybridized carbons (Fsp3) is 0.636.